The number of thioether (sulfide) groups is 1. The molecule has 0 amide bonds. The van der Waals surface area contributed by atoms with Gasteiger partial charge in [0.05, 0.1) is 11.1 Å². The Morgan fingerprint density at radius 3 is 2.89 bits per heavy atom. The van der Waals surface area contributed by atoms with Crippen LogP contribution in [0, 0.1) is 13.8 Å². The lowest BCUT2D eigenvalue weighted by Crippen LogP contribution is -1.93. The van der Waals surface area contributed by atoms with Gasteiger partial charge in [-0.15, -0.1) is 21.5 Å². The standard InChI is InChI=1S/C11H9ClN4S3/c1-5-6(2)19-10-8(5)9(12)14-7(15-10)3-17-11-16-13-4-18-11/h4H,3H2,1-2H3. The van der Waals surface area contributed by atoms with Crippen molar-refractivity contribution >= 4 is 56.3 Å². The van der Waals surface area contributed by atoms with Crippen molar-refractivity contribution < 1.29 is 0 Å². The molecule has 0 unspecified atom stereocenters. The van der Waals surface area contributed by atoms with Crippen molar-refractivity contribution in [1.29, 1.82) is 0 Å². The van der Waals surface area contributed by atoms with Crippen LogP contribution in [0.5, 0.6) is 0 Å². The van der Waals surface area contributed by atoms with E-state index in [0.29, 0.717) is 10.9 Å². The molecule has 3 aromatic heterocycles. The molecule has 0 N–H and O–H groups in total. The largest absolute Gasteiger partial charge is 0.221 e. The maximum Gasteiger partial charge on any atom is 0.174 e. The van der Waals surface area contributed by atoms with Gasteiger partial charge in [-0.3, -0.25) is 0 Å². The zero-order chi connectivity index (χ0) is 13.4. The van der Waals surface area contributed by atoms with Gasteiger partial charge in [0.1, 0.15) is 21.3 Å². The molecule has 4 nitrogen and oxygen atoms in total. The van der Waals surface area contributed by atoms with E-state index in [1.165, 1.54) is 21.8 Å². The fourth-order valence-electron chi connectivity index (χ4n) is 1.66. The molecule has 0 aliphatic heterocycles. The number of halogens is 1. The fourth-order valence-corrected chi connectivity index (χ4v) is 4.43. The third kappa shape index (κ3) is 2.60. The Balaban J connectivity index is 1.92. The Morgan fingerprint density at radius 1 is 1.32 bits per heavy atom. The molecule has 0 saturated heterocycles. The van der Waals surface area contributed by atoms with E-state index in [9.17, 15) is 0 Å². The van der Waals surface area contributed by atoms with Crippen molar-refractivity contribution in [3.8, 4) is 0 Å². The van der Waals surface area contributed by atoms with E-state index in [1.54, 1.807) is 28.6 Å². The number of aryl methyl sites for hydroxylation is 2. The SMILES string of the molecule is Cc1sc2nc(CSc3nncs3)nc(Cl)c2c1C. The lowest BCUT2D eigenvalue weighted by atomic mass is 10.2. The van der Waals surface area contributed by atoms with Crippen LogP contribution in [0.3, 0.4) is 0 Å². The average Bonchev–Trinajstić information content (AvgIpc) is 2.96. The number of aromatic nitrogens is 4. The predicted octanol–water partition coefficient (Wildman–Crippen LogP) is 4.11. The quantitative estimate of drug-likeness (QED) is 0.535. The van der Waals surface area contributed by atoms with E-state index < -0.39 is 0 Å². The topological polar surface area (TPSA) is 51.6 Å². The van der Waals surface area contributed by atoms with Crippen LogP contribution >= 0.6 is 46.0 Å². The van der Waals surface area contributed by atoms with E-state index in [-0.39, 0.29) is 0 Å². The monoisotopic (exact) mass is 328 g/mol. The molecule has 0 aliphatic rings. The van der Waals surface area contributed by atoms with Gasteiger partial charge < -0.3 is 0 Å². The van der Waals surface area contributed by atoms with Gasteiger partial charge in [0, 0.05) is 4.88 Å². The van der Waals surface area contributed by atoms with Crippen molar-refractivity contribution in [2.45, 2.75) is 23.9 Å². The van der Waals surface area contributed by atoms with E-state index in [4.69, 9.17) is 11.6 Å². The van der Waals surface area contributed by atoms with E-state index in [0.717, 1.165) is 20.4 Å². The van der Waals surface area contributed by atoms with E-state index >= 15 is 0 Å². The molecule has 0 bridgehead atoms. The van der Waals surface area contributed by atoms with Crippen molar-refractivity contribution in [2.24, 2.45) is 0 Å². The number of fused-ring (bicyclic) bond motifs is 1. The second kappa shape index (κ2) is 5.32. The Labute approximate surface area is 127 Å². The second-order valence-corrected chi connectivity index (χ2v) is 7.50. The van der Waals surface area contributed by atoms with Gasteiger partial charge in [0.15, 0.2) is 4.34 Å². The minimum atomic E-state index is 0.541. The summed E-state index contributed by atoms with van der Waals surface area (Å²) in [6, 6.07) is 0. The third-order valence-electron chi connectivity index (χ3n) is 2.70. The van der Waals surface area contributed by atoms with Crippen LogP contribution in [0.15, 0.2) is 9.85 Å². The maximum absolute atomic E-state index is 6.26. The second-order valence-electron chi connectivity index (χ2n) is 3.89. The van der Waals surface area contributed by atoms with Gasteiger partial charge in [0.25, 0.3) is 0 Å². The van der Waals surface area contributed by atoms with Gasteiger partial charge in [-0.2, -0.15) is 0 Å². The summed E-state index contributed by atoms with van der Waals surface area (Å²) in [6.07, 6.45) is 0. The molecule has 0 aliphatic carbocycles. The molecule has 0 fully saturated rings. The van der Waals surface area contributed by atoms with Crippen molar-refractivity contribution in [1.82, 2.24) is 20.2 Å². The summed E-state index contributed by atoms with van der Waals surface area (Å²) in [5.41, 5.74) is 2.89. The van der Waals surface area contributed by atoms with Gasteiger partial charge in [0.2, 0.25) is 0 Å². The van der Waals surface area contributed by atoms with Crippen molar-refractivity contribution in [3.63, 3.8) is 0 Å². The third-order valence-corrected chi connectivity index (χ3v) is 5.93. The molecule has 98 valence electrons. The highest BCUT2D eigenvalue weighted by molar-refractivity contribution is 8.00. The zero-order valence-corrected chi connectivity index (χ0v) is 13.4. The Morgan fingerprint density at radius 2 is 2.16 bits per heavy atom. The maximum atomic E-state index is 6.26. The molecule has 19 heavy (non-hydrogen) atoms. The summed E-state index contributed by atoms with van der Waals surface area (Å²) in [7, 11) is 0. The van der Waals surface area contributed by atoms with Crippen LogP contribution in [0.1, 0.15) is 16.3 Å². The first-order chi connectivity index (χ1) is 9.15. The predicted molar refractivity (Wildman–Crippen MR) is 81.4 cm³/mol. The van der Waals surface area contributed by atoms with E-state index in [2.05, 4.69) is 34.0 Å². The molecule has 3 rings (SSSR count). The van der Waals surface area contributed by atoms with Gasteiger partial charge in [-0.05, 0) is 19.4 Å². The highest BCUT2D eigenvalue weighted by Crippen LogP contribution is 2.33. The van der Waals surface area contributed by atoms with Gasteiger partial charge in [-0.25, -0.2) is 9.97 Å². The molecule has 8 heteroatoms. The lowest BCUT2D eigenvalue weighted by Gasteiger charge is -2.00. The molecular weight excluding hydrogens is 320 g/mol. The normalized spacial score (nSPS) is 11.3. The molecule has 0 saturated carbocycles. The Hall–Kier alpha value is -0.760. The molecule has 0 atom stereocenters. The summed E-state index contributed by atoms with van der Waals surface area (Å²) < 4.78 is 0.915. The molecule has 3 heterocycles. The van der Waals surface area contributed by atoms with Crippen molar-refractivity contribution in [3.05, 3.63) is 26.9 Å². The van der Waals surface area contributed by atoms with E-state index in [1.807, 2.05) is 0 Å². The number of hydrogen-bond donors (Lipinski definition) is 0. The molecule has 3 aromatic rings. The fraction of sp³-hybridized carbons (Fsp3) is 0.273. The first kappa shape index (κ1) is 13.2. The van der Waals surface area contributed by atoms with Gasteiger partial charge in [-0.1, -0.05) is 34.7 Å². The molecule has 0 radical (unpaired) electrons. The summed E-state index contributed by atoms with van der Waals surface area (Å²) in [5.74, 6) is 1.39. The molecular formula is C11H9ClN4S3. The summed E-state index contributed by atoms with van der Waals surface area (Å²) >= 11 is 11.0. The average molecular weight is 329 g/mol. The lowest BCUT2D eigenvalue weighted by molar-refractivity contribution is 1.01. The number of rotatable bonds is 3. The van der Waals surface area contributed by atoms with Crippen LogP contribution in [0.4, 0.5) is 0 Å². The molecule has 0 spiro atoms. The number of thiophene rings is 1. The minimum Gasteiger partial charge on any atom is -0.221 e. The highest BCUT2D eigenvalue weighted by atomic mass is 35.5. The summed E-state index contributed by atoms with van der Waals surface area (Å²) in [4.78, 5) is 11.1. The van der Waals surface area contributed by atoms with Crippen molar-refractivity contribution in [2.75, 3.05) is 0 Å². The number of hydrogen-bond acceptors (Lipinski definition) is 7. The molecule has 0 aromatic carbocycles. The Kier molecular flexibility index (Phi) is 3.70. The van der Waals surface area contributed by atoms with Crippen LogP contribution in [-0.2, 0) is 5.75 Å². The number of nitrogens with zero attached hydrogens (tertiary/aromatic N) is 4. The zero-order valence-electron chi connectivity index (χ0n) is 10.2. The first-order valence-electron chi connectivity index (χ1n) is 5.46. The summed E-state index contributed by atoms with van der Waals surface area (Å²) in [5, 5.41) is 9.30. The first-order valence-corrected chi connectivity index (χ1v) is 8.52. The highest BCUT2D eigenvalue weighted by Gasteiger charge is 2.13. The smallest absolute Gasteiger partial charge is 0.174 e. The van der Waals surface area contributed by atoms with Crippen LogP contribution in [0.25, 0.3) is 10.2 Å². The van der Waals surface area contributed by atoms with Gasteiger partial charge >= 0.3 is 0 Å². The van der Waals surface area contributed by atoms with Crippen LogP contribution in [-0.4, -0.2) is 20.2 Å². The minimum absolute atomic E-state index is 0.541. The summed E-state index contributed by atoms with van der Waals surface area (Å²) in [6.45, 7) is 4.13. The Bertz CT molecular complexity index is 723. The van der Waals surface area contributed by atoms with Crippen LogP contribution < -0.4 is 0 Å². The van der Waals surface area contributed by atoms with Crippen LogP contribution in [0.2, 0.25) is 5.15 Å².